The second-order valence-corrected chi connectivity index (χ2v) is 3.60. The van der Waals surface area contributed by atoms with Crippen LogP contribution in [0, 0.1) is 0 Å². The van der Waals surface area contributed by atoms with Gasteiger partial charge in [0.1, 0.15) is 6.54 Å². The third-order valence-corrected chi connectivity index (χ3v) is 2.16. The van der Waals surface area contributed by atoms with Gasteiger partial charge in [0.05, 0.1) is 11.9 Å². The molecule has 1 heterocycles. The molecular weight excluding hydrogens is 208 g/mol. The van der Waals surface area contributed by atoms with Gasteiger partial charge >= 0.3 is 0 Å². The Labute approximate surface area is 93.7 Å². The number of amides is 1. The maximum Gasteiger partial charge on any atom is 0.269 e. The molecule has 0 radical (unpaired) electrons. The Bertz CT molecular complexity index is 427. The van der Waals surface area contributed by atoms with Gasteiger partial charge < -0.3 is 10.6 Å². The molecule has 2 N–H and O–H groups in total. The lowest BCUT2D eigenvalue weighted by atomic mass is 10.3. The number of carbonyl (C=O) groups is 1. The average Bonchev–Trinajstić information content (AvgIpc) is 2.20. The number of rotatable bonds is 5. The number of nitrogens with zero attached hydrogens (tertiary/aromatic N) is 3. The number of hydrogen-bond acceptors (Lipinski definition) is 4. The molecule has 0 bridgehead atoms. The largest absolute Gasteiger partial charge is 0.373 e. The van der Waals surface area contributed by atoms with Crippen LogP contribution in [0.5, 0.6) is 0 Å². The molecule has 1 amide bonds. The van der Waals surface area contributed by atoms with Gasteiger partial charge in [0.25, 0.3) is 5.56 Å². The highest BCUT2D eigenvalue weighted by Gasteiger charge is 2.05. The maximum absolute atomic E-state index is 11.6. The van der Waals surface area contributed by atoms with Gasteiger partial charge in [-0.25, -0.2) is 4.68 Å². The summed E-state index contributed by atoms with van der Waals surface area (Å²) < 4.78 is 1.05. The molecule has 0 aliphatic rings. The minimum atomic E-state index is -0.579. The fourth-order valence-corrected chi connectivity index (χ4v) is 1.36. The molecule has 1 aromatic rings. The van der Waals surface area contributed by atoms with Crippen LogP contribution in [0.25, 0.3) is 0 Å². The van der Waals surface area contributed by atoms with Gasteiger partial charge in [-0.1, -0.05) is 6.92 Å². The zero-order chi connectivity index (χ0) is 12.1. The Balaban J connectivity index is 2.90. The standard InChI is InChI=1S/C10H16N4O2/c1-3-4-13(2)8-5-10(16)14(12-6-8)7-9(11)15/h5-6H,3-4,7H2,1-2H3,(H2,11,15). The molecule has 0 aromatic carbocycles. The Hall–Kier alpha value is -1.85. The minimum absolute atomic E-state index is 0.184. The number of aromatic nitrogens is 2. The number of primary amides is 1. The fraction of sp³-hybridized carbons (Fsp3) is 0.500. The van der Waals surface area contributed by atoms with Crippen molar-refractivity contribution >= 4 is 11.6 Å². The Morgan fingerprint density at radius 3 is 2.81 bits per heavy atom. The summed E-state index contributed by atoms with van der Waals surface area (Å²) in [6.45, 7) is 2.72. The van der Waals surface area contributed by atoms with Gasteiger partial charge in [0.2, 0.25) is 5.91 Å². The highest BCUT2D eigenvalue weighted by Crippen LogP contribution is 2.06. The smallest absolute Gasteiger partial charge is 0.269 e. The first-order chi connectivity index (χ1) is 7.54. The van der Waals surface area contributed by atoms with Crippen LogP contribution in [0.4, 0.5) is 5.69 Å². The molecule has 0 unspecified atom stereocenters. The van der Waals surface area contributed by atoms with Crippen molar-refractivity contribution in [3.63, 3.8) is 0 Å². The van der Waals surface area contributed by atoms with E-state index in [-0.39, 0.29) is 12.1 Å². The van der Waals surface area contributed by atoms with Gasteiger partial charge in [0, 0.05) is 19.7 Å². The van der Waals surface area contributed by atoms with Gasteiger partial charge in [0.15, 0.2) is 0 Å². The summed E-state index contributed by atoms with van der Waals surface area (Å²) in [5, 5.41) is 3.88. The Morgan fingerprint density at radius 2 is 2.31 bits per heavy atom. The third-order valence-electron chi connectivity index (χ3n) is 2.16. The SMILES string of the molecule is CCCN(C)c1cnn(CC(N)=O)c(=O)c1. The molecule has 6 nitrogen and oxygen atoms in total. The van der Waals surface area contributed by atoms with Gasteiger partial charge in [-0.05, 0) is 6.42 Å². The van der Waals surface area contributed by atoms with E-state index in [2.05, 4.69) is 12.0 Å². The summed E-state index contributed by atoms with van der Waals surface area (Å²) >= 11 is 0. The van der Waals surface area contributed by atoms with Crippen molar-refractivity contribution in [1.29, 1.82) is 0 Å². The molecule has 1 rings (SSSR count). The number of carbonyl (C=O) groups excluding carboxylic acids is 1. The third kappa shape index (κ3) is 3.08. The van der Waals surface area contributed by atoms with Crippen LogP contribution in [0.1, 0.15) is 13.3 Å². The summed E-state index contributed by atoms with van der Waals surface area (Å²) in [5.74, 6) is -0.579. The van der Waals surface area contributed by atoms with Crippen LogP contribution in [-0.4, -0.2) is 29.3 Å². The van der Waals surface area contributed by atoms with Gasteiger partial charge in [-0.15, -0.1) is 0 Å². The predicted molar refractivity (Wildman–Crippen MR) is 61.3 cm³/mol. The van der Waals surface area contributed by atoms with Crippen molar-refractivity contribution in [3.8, 4) is 0 Å². The van der Waals surface area contributed by atoms with Crippen molar-refractivity contribution in [3.05, 3.63) is 22.6 Å². The lowest BCUT2D eigenvalue weighted by molar-refractivity contribution is -0.118. The molecule has 0 saturated carbocycles. The maximum atomic E-state index is 11.6. The first kappa shape index (κ1) is 12.2. The summed E-state index contributed by atoms with van der Waals surface area (Å²) in [7, 11) is 1.89. The molecule has 88 valence electrons. The van der Waals surface area contributed by atoms with Crippen LogP contribution >= 0.6 is 0 Å². The molecule has 1 aromatic heterocycles. The van der Waals surface area contributed by atoms with Crippen LogP contribution in [0.2, 0.25) is 0 Å². The number of hydrogen-bond donors (Lipinski definition) is 1. The summed E-state index contributed by atoms with van der Waals surface area (Å²) in [6.07, 6.45) is 2.54. The highest BCUT2D eigenvalue weighted by molar-refractivity contribution is 5.73. The normalized spacial score (nSPS) is 10.1. The average molecular weight is 224 g/mol. The van der Waals surface area contributed by atoms with E-state index < -0.39 is 5.91 Å². The van der Waals surface area contributed by atoms with E-state index in [1.54, 1.807) is 6.20 Å². The summed E-state index contributed by atoms with van der Waals surface area (Å²) in [4.78, 5) is 24.1. The monoisotopic (exact) mass is 224 g/mol. The van der Waals surface area contributed by atoms with E-state index in [9.17, 15) is 9.59 Å². The lowest BCUT2D eigenvalue weighted by Gasteiger charge is -2.17. The van der Waals surface area contributed by atoms with Crippen molar-refractivity contribution < 1.29 is 4.79 Å². The molecule has 0 saturated heterocycles. The number of nitrogens with two attached hydrogens (primary N) is 1. The zero-order valence-electron chi connectivity index (χ0n) is 9.51. The van der Waals surface area contributed by atoms with Crippen LogP contribution in [0.15, 0.2) is 17.1 Å². The lowest BCUT2D eigenvalue weighted by Crippen LogP contribution is -2.30. The van der Waals surface area contributed by atoms with Crippen LogP contribution in [-0.2, 0) is 11.3 Å². The Morgan fingerprint density at radius 1 is 1.62 bits per heavy atom. The Kier molecular flexibility index (Phi) is 4.04. The highest BCUT2D eigenvalue weighted by atomic mass is 16.2. The summed E-state index contributed by atoms with van der Waals surface area (Å²) in [5.41, 5.74) is 5.41. The van der Waals surface area contributed by atoms with Crippen molar-refractivity contribution in [2.24, 2.45) is 5.73 Å². The minimum Gasteiger partial charge on any atom is -0.373 e. The number of anilines is 1. The van der Waals surface area contributed by atoms with E-state index in [1.165, 1.54) is 6.07 Å². The van der Waals surface area contributed by atoms with Gasteiger partial charge in [-0.2, -0.15) is 5.10 Å². The van der Waals surface area contributed by atoms with Crippen LogP contribution in [0.3, 0.4) is 0 Å². The van der Waals surface area contributed by atoms with Crippen molar-refractivity contribution in [2.75, 3.05) is 18.5 Å². The van der Waals surface area contributed by atoms with E-state index in [4.69, 9.17) is 5.73 Å². The zero-order valence-corrected chi connectivity index (χ0v) is 9.51. The predicted octanol–water partition coefficient (Wildman–Crippen LogP) is -0.425. The van der Waals surface area contributed by atoms with E-state index in [0.29, 0.717) is 0 Å². The molecule has 0 aliphatic carbocycles. The van der Waals surface area contributed by atoms with Gasteiger partial charge in [-0.3, -0.25) is 9.59 Å². The van der Waals surface area contributed by atoms with E-state index in [1.807, 2.05) is 11.9 Å². The van der Waals surface area contributed by atoms with Crippen molar-refractivity contribution in [2.45, 2.75) is 19.9 Å². The van der Waals surface area contributed by atoms with E-state index >= 15 is 0 Å². The quantitative estimate of drug-likeness (QED) is 0.736. The van der Waals surface area contributed by atoms with E-state index in [0.717, 1.165) is 23.3 Å². The second kappa shape index (κ2) is 5.29. The molecule has 16 heavy (non-hydrogen) atoms. The summed E-state index contributed by atoms with van der Waals surface area (Å²) in [6, 6.07) is 1.45. The molecule has 0 spiro atoms. The van der Waals surface area contributed by atoms with Crippen LogP contribution < -0.4 is 16.2 Å². The molecule has 0 fully saturated rings. The topological polar surface area (TPSA) is 81.2 Å². The van der Waals surface area contributed by atoms with Crippen molar-refractivity contribution in [1.82, 2.24) is 9.78 Å². The molecule has 6 heteroatoms. The fourth-order valence-electron chi connectivity index (χ4n) is 1.36. The molecule has 0 atom stereocenters. The first-order valence-electron chi connectivity index (χ1n) is 5.11. The second-order valence-electron chi connectivity index (χ2n) is 3.60. The molecular formula is C10H16N4O2. The molecule has 0 aliphatic heterocycles. The first-order valence-corrected chi connectivity index (χ1v) is 5.11.